The van der Waals surface area contributed by atoms with Gasteiger partial charge in [0, 0.05) is 32.2 Å². The Morgan fingerprint density at radius 3 is 2.60 bits per heavy atom. The second kappa shape index (κ2) is 7.87. The van der Waals surface area contributed by atoms with Crippen molar-refractivity contribution in [3.63, 3.8) is 0 Å². The number of piperidine rings is 1. The lowest BCUT2D eigenvalue weighted by molar-refractivity contribution is -0.123. The van der Waals surface area contributed by atoms with E-state index >= 15 is 0 Å². The second-order valence-electron chi connectivity index (χ2n) is 8.77. The molecule has 7 heteroatoms. The molecular formula is C23H26N2O5. The number of nitrogens with zero attached hydrogens (tertiary/aromatic N) is 1. The van der Waals surface area contributed by atoms with Gasteiger partial charge in [-0.2, -0.15) is 0 Å². The van der Waals surface area contributed by atoms with Gasteiger partial charge in [0.05, 0.1) is 18.0 Å². The zero-order valence-electron chi connectivity index (χ0n) is 16.8. The van der Waals surface area contributed by atoms with Crippen molar-refractivity contribution in [2.75, 3.05) is 26.3 Å². The highest BCUT2D eigenvalue weighted by molar-refractivity contribution is 5.93. The third-order valence-corrected chi connectivity index (χ3v) is 6.88. The van der Waals surface area contributed by atoms with Crippen molar-refractivity contribution in [2.45, 2.75) is 31.7 Å². The Morgan fingerprint density at radius 1 is 1.10 bits per heavy atom. The fraction of sp³-hybridized carbons (Fsp3) is 0.522. The van der Waals surface area contributed by atoms with Crippen molar-refractivity contribution in [3.8, 4) is 0 Å². The first kappa shape index (κ1) is 19.3. The van der Waals surface area contributed by atoms with Gasteiger partial charge < -0.3 is 19.4 Å². The van der Waals surface area contributed by atoms with Gasteiger partial charge >= 0.3 is 0 Å². The monoisotopic (exact) mass is 410 g/mol. The van der Waals surface area contributed by atoms with E-state index in [4.69, 9.17) is 9.15 Å². The van der Waals surface area contributed by atoms with E-state index in [0.29, 0.717) is 61.4 Å². The molecule has 2 aliphatic heterocycles. The van der Waals surface area contributed by atoms with Gasteiger partial charge in [0.15, 0.2) is 11.2 Å². The smallest absolute Gasteiger partial charge is 0.289 e. The first-order valence-electron chi connectivity index (χ1n) is 10.8. The molecule has 3 unspecified atom stereocenters. The standard InChI is InChI=1S/C23H26N2O5/c26-19-10-21(30-20-4-2-1-3-17(19)20)23(28)25-11-14-5-6-15(12-25)18(14)9-22(27)24-16-7-8-29-13-16/h1-4,10,14-16,18H,5-9,11-13H2,(H,24,27). The minimum Gasteiger partial charge on any atom is -0.451 e. The molecule has 0 spiro atoms. The van der Waals surface area contributed by atoms with Crippen LogP contribution in [0.25, 0.3) is 11.0 Å². The molecule has 1 aliphatic carbocycles. The van der Waals surface area contributed by atoms with Gasteiger partial charge in [-0.1, -0.05) is 12.1 Å². The zero-order valence-corrected chi connectivity index (χ0v) is 16.8. The summed E-state index contributed by atoms with van der Waals surface area (Å²) in [6, 6.07) is 8.40. The molecule has 3 aliphatic rings. The van der Waals surface area contributed by atoms with E-state index in [1.54, 1.807) is 29.2 Å². The van der Waals surface area contributed by atoms with E-state index < -0.39 is 0 Å². The number of hydrogen-bond donors (Lipinski definition) is 1. The van der Waals surface area contributed by atoms with E-state index in [1.165, 1.54) is 6.07 Å². The van der Waals surface area contributed by atoms with Crippen LogP contribution in [0.2, 0.25) is 0 Å². The normalized spacial score (nSPS) is 28.1. The van der Waals surface area contributed by atoms with Gasteiger partial charge in [-0.3, -0.25) is 14.4 Å². The van der Waals surface area contributed by atoms with Crippen molar-refractivity contribution >= 4 is 22.8 Å². The molecule has 2 bridgehead atoms. The van der Waals surface area contributed by atoms with Gasteiger partial charge in [-0.25, -0.2) is 0 Å². The van der Waals surface area contributed by atoms with Crippen molar-refractivity contribution in [3.05, 3.63) is 46.3 Å². The van der Waals surface area contributed by atoms with Crippen LogP contribution in [0.4, 0.5) is 0 Å². The molecule has 158 valence electrons. The van der Waals surface area contributed by atoms with Crippen molar-refractivity contribution in [1.82, 2.24) is 10.2 Å². The summed E-state index contributed by atoms with van der Waals surface area (Å²) in [6.07, 6.45) is 3.45. The lowest BCUT2D eigenvalue weighted by Gasteiger charge is -2.37. The van der Waals surface area contributed by atoms with Gasteiger partial charge in [0.2, 0.25) is 5.91 Å². The summed E-state index contributed by atoms with van der Waals surface area (Å²) in [5.41, 5.74) is 0.226. The van der Waals surface area contributed by atoms with E-state index in [-0.39, 0.29) is 29.0 Å². The molecule has 1 aromatic carbocycles. The molecule has 3 atom stereocenters. The van der Waals surface area contributed by atoms with Crippen molar-refractivity contribution in [2.24, 2.45) is 17.8 Å². The molecule has 2 amide bonds. The predicted molar refractivity (Wildman–Crippen MR) is 110 cm³/mol. The molecule has 7 nitrogen and oxygen atoms in total. The van der Waals surface area contributed by atoms with Crippen LogP contribution in [0.3, 0.4) is 0 Å². The fourth-order valence-corrected chi connectivity index (χ4v) is 5.35. The van der Waals surface area contributed by atoms with Crippen LogP contribution >= 0.6 is 0 Å². The first-order valence-corrected chi connectivity index (χ1v) is 10.8. The molecule has 5 rings (SSSR count). The SMILES string of the molecule is O=C(CC1C2CCC1CN(C(=O)c1cc(=O)c3ccccc3o1)C2)NC1CCOC1. The number of carbonyl (C=O) groups is 2. The molecule has 0 radical (unpaired) electrons. The van der Waals surface area contributed by atoms with Crippen LogP contribution < -0.4 is 10.7 Å². The van der Waals surface area contributed by atoms with E-state index in [9.17, 15) is 14.4 Å². The minimum absolute atomic E-state index is 0.0905. The Labute approximate surface area is 174 Å². The van der Waals surface area contributed by atoms with E-state index in [1.807, 2.05) is 0 Å². The summed E-state index contributed by atoms with van der Waals surface area (Å²) >= 11 is 0. The number of hydrogen-bond acceptors (Lipinski definition) is 5. The number of nitrogens with one attached hydrogen (secondary N) is 1. The van der Waals surface area contributed by atoms with Crippen LogP contribution in [-0.4, -0.2) is 49.1 Å². The number of amides is 2. The summed E-state index contributed by atoms with van der Waals surface area (Å²) in [4.78, 5) is 39.7. The zero-order chi connectivity index (χ0) is 20.7. The molecule has 2 aromatic rings. The van der Waals surface area contributed by atoms with Gasteiger partial charge in [0.25, 0.3) is 5.91 Å². The average Bonchev–Trinajstić information content (AvgIpc) is 3.32. The van der Waals surface area contributed by atoms with Crippen LogP contribution in [0.1, 0.15) is 36.2 Å². The Bertz CT molecular complexity index is 1010. The van der Waals surface area contributed by atoms with Gasteiger partial charge in [-0.05, 0) is 49.1 Å². The van der Waals surface area contributed by atoms with Crippen LogP contribution in [0.5, 0.6) is 0 Å². The Hall–Kier alpha value is -2.67. The molecule has 1 saturated carbocycles. The van der Waals surface area contributed by atoms with Crippen LogP contribution in [0.15, 0.2) is 39.5 Å². The lowest BCUT2D eigenvalue weighted by atomic mass is 9.82. The molecular weight excluding hydrogens is 384 g/mol. The maximum atomic E-state index is 13.1. The number of fused-ring (bicyclic) bond motifs is 3. The Morgan fingerprint density at radius 2 is 1.87 bits per heavy atom. The number of benzene rings is 1. The van der Waals surface area contributed by atoms with Crippen LogP contribution in [0, 0.1) is 17.8 Å². The number of rotatable bonds is 4. The number of ether oxygens (including phenoxy) is 1. The summed E-state index contributed by atoms with van der Waals surface area (Å²) in [5, 5.41) is 3.56. The third-order valence-electron chi connectivity index (χ3n) is 6.88. The fourth-order valence-electron chi connectivity index (χ4n) is 5.35. The summed E-state index contributed by atoms with van der Waals surface area (Å²) in [7, 11) is 0. The Kier molecular flexibility index (Phi) is 5.06. The first-order chi connectivity index (χ1) is 14.6. The highest BCUT2D eigenvalue weighted by atomic mass is 16.5. The highest BCUT2D eigenvalue weighted by Crippen LogP contribution is 2.44. The van der Waals surface area contributed by atoms with Crippen LogP contribution in [-0.2, 0) is 9.53 Å². The van der Waals surface area contributed by atoms with Gasteiger partial charge in [0.1, 0.15) is 5.58 Å². The quantitative estimate of drug-likeness (QED) is 0.835. The highest BCUT2D eigenvalue weighted by Gasteiger charge is 2.44. The molecule has 30 heavy (non-hydrogen) atoms. The maximum absolute atomic E-state index is 13.1. The topological polar surface area (TPSA) is 88.9 Å². The number of likely N-dealkylation sites (tertiary alicyclic amines) is 1. The molecule has 3 fully saturated rings. The Balaban J connectivity index is 1.27. The third kappa shape index (κ3) is 3.62. The minimum atomic E-state index is -0.235. The summed E-state index contributed by atoms with van der Waals surface area (Å²) in [6.45, 7) is 2.52. The lowest BCUT2D eigenvalue weighted by Crippen LogP contribution is -2.47. The average molecular weight is 410 g/mol. The summed E-state index contributed by atoms with van der Waals surface area (Å²) < 4.78 is 11.1. The van der Waals surface area contributed by atoms with Crippen molar-refractivity contribution in [1.29, 1.82) is 0 Å². The largest absolute Gasteiger partial charge is 0.451 e. The number of carbonyl (C=O) groups excluding carboxylic acids is 2. The molecule has 1 aromatic heterocycles. The molecule has 3 heterocycles. The van der Waals surface area contributed by atoms with Gasteiger partial charge in [-0.15, -0.1) is 0 Å². The van der Waals surface area contributed by atoms with E-state index in [0.717, 1.165) is 19.3 Å². The molecule has 2 saturated heterocycles. The maximum Gasteiger partial charge on any atom is 0.289 e. The molecule has 1 N–H and O–H groups in total. The predicted octanol–water partition coefficient (Wildman–Crippen LogP) is 2.19. The summed E-state index contributed by atoms with van der Waals surface area (Å²) in [5.74, 6) is 0.875. The van der Waals surface area contributed by atoms with Crippen molar-refractivity contribution < 1.29 is 18.7 Å². The number of para-hydroxylation sites is 1. The second-order valence-corrected chi connectivity index (χ2v) is 8.77. The van der Waals surface area contributed by atoms with E-state index in [2.05, 4.69) is 5.32 Å².